The fraction of sp³-hybridized carbons (Fsp3) is 0.650. The van der Waals surface area contributed by atoms with E-state index in [0.29, 0.717) is 19.0 Å². The average molecular weight is 488 g/mol. The van der Waals surface area contributed by atoms with Crippen molar-refractivity contribution in [3.8, 4) is 0 Å². The summed E-state index contributed by atoms with van der Waals surface area (Å²) in [4.78, 5) is 6.86. The summed E-state index contributed by atoms with van der Waals surface area (Å²) in [7, 11) is 0. The topological polar surface area (TPSA) is 69.1 Å². The van der Waals surface area contributed by atoms with Crippen LogP contribution in [0.2, 0.25) is 0 Å². The van der Waals surface area contributed by atoms with Gasteiger partial charge in [-0.2, -0.15) is 0 Å². The van der Waals surface area contributed by atoms with Crippen LogP contribution in [0.5, 0.6) is 0 Å². The Balaban J connectivity index is 0.00000261. The SMILES string of the molecule is CCNC(=NCC(C)(O)CN1CCOCC1)NCC1Cc2ccccc21.I. The normalized spacial score (nSPS) is 22.0. The Morgan fingerprint density at radius 3 is 2.74 bits per heavy atom. The number of nitrogens with one attached hydrogen (secondary N) is 2. The third-order valence-corrected chi connectivity index (χ3v) is 5.07. The van der Waals surface area contributed by atoms with Gasteiger partial charge in [-0.05, 0) is 31.4 Å². The van der Waals surface area contributed by atoms with Gasteiger partial charge in [0.1, 0.15) is 0 Å². The van der Waals surface area contributed by atoms with E-state index in [1.165, 1.54) is 11.1 Å². The Morgan fingerprint density at radius 2 is 2.04 bits per heavy atom. The number of aliphatic imine (C=N–C) groups is 1. The van der Waals surface area contributed by atoms with Gasteiger partial charge in [0.25, 0.3) is 0 Å². The molecule has 2 atom stereocenters. The van der Waals surface area contributed by atoms with Crippen LogP contribution in [0.1, 0.15) is 30.9 Å². The molecule has 2 unspecified atom stereocenters. The Labute approximate surface area is 179 Å². The molecule has 1 saturated heterocycles. The lowest BCUT2D eigenvalue weighted by Gasteiger charge is -2.33. The maximum absolute atomic E-state index is 10.7. The molecule has 1 aliphatic heterocycles. The number of benzene rings is 1. The first-order valence-corrected chi connectivity index (χ1v) is 9.70. The fourth-order valence-electron chi connectivity index (χ4n) is 3.65. The molecular formula is C20H33IN4O2. The molecule has 0 saturated carbocycles. The summed E-state index contributed by atoms with van der Waals surface area (Å²) in [5.41, 5.74) is 2.05. The molecule has 3 rings (SSSR count). The molecule has 0 bridgehead atoms. The molecule has 6 nitrogen and oxygen atoms in total. The molecule has 0 amide bonds. The van der Waals surface area contributed by atoms with Gasteiger partial charge in [-0.25, -0.2) is 0 Å². The zero-order valence-corrected chi connectivity index (χ0v) is 18.7. The second kappa shape index (κ2) is 10.6. The summed E-state index contributed by atoms with van der Waals surface area (Å²) in [5.74, 6) is 1.32. The van der Waals surface area contributed by atoms with Crippen LogP contribution in [-0.4, -0.2) is 74.0 Å². The Hall–Kier alpha value is -0.900. The van der Waals surface area contributed by atoms with Gasteiger partial charge in [0.2, 0.25) is 0 Å². The van der Waals surface area contributed by atoms with E-state index in [-0.39, 0.29) is 24.0 Å². The molecular weight excluding hydrogens is 455 g/mol. The van der Waals surface area contributed by atoms with E-state index >= 15 is 0 Å². The van der Waals surface area contributed by atoms with E-state index in [2.05, 4.69) is 51.7 Å². The highest BCUT2D eigenvalue weighted by molar-refractivity contribution is 14.0. The average Bonchev–Trinajstić information content (AvgIpc) is 2.61. The Bertz CT molecular complexity index is 618. The summed E-state index contributed by atoms with van der Waals surface area (Å²) in [6.07, 6.45) is 1.12. The number of ether oxygens (including phenoxy) is 1. The van der Waals surface area contributed by atoms with Crippen molar-refractivity contribution >= 4 is 29.9 Å². The van der Waals surface area contributed by atoms with Crippen molar-refractivity contribution in [1.82, 2.24) is 15.5 Å². The van der Waals surface area contributed by atoms with Gasteiger partial charge >= 0.3 is 0 Å². The van der Waals surface area contributed by atoms with E-state index in [4.69, 9.17) is 4.74 Å². The maximum Gasteiger partial charge on any atom is 0.191 e. The minimum absolute atomic E-state index is 0. The molecule has 1 heterocycles. The first-order chi connectivity index (χ1) is 12.6. The second-order valence-corrected chi connectivity index (χ2v) is 7.56. The van der Waals surface area contributed by atoms with Gasteiger partial charge in [-0.1, -0.05) is 24.3 Å². The minimum atomic E-state index is -0.844. The number of hydrogen-bond acceptors (Lipinski definition) is 4. The van der Waals surface area contributed by atoms with Crippen molar-refractivity contribution in [1.29, 1.82) is 0 Å². The number of aliphatic hydroxyl groups is 1. The number of hydrogen-bond donors (Lipinski definition) is 3. The first-order valence-electron chi connectivity index (χ1n) is 9.70. The summed E-state index contributed by atoms with van der Waals surface area (Å²) < 4.78 is 5.37. The van der Waals surface area contributed by atoms with Gasteiger partial charge in [0.05, 0.1) is 25.4 Å². The summed E-state index contributed by atoms with van der Waals surface area (Å²) >= 11 is 0. The van der Waals surface area contributed by atoms with Gasteiger partial charge in [0, 0.05) is 38.6 Å². The third-order valence-electron chi connectivity index (χ3n) is 5.07. The molecule has 0 radical (unpaired) electrons. The molecule has 1 aromatic carbocycles. The van der Waals surface area contributed by atoms with E-state index in [0.717, 1.165) is 51.8 Å². The molecule has 1 fully saturated rings. The molecule has 27 heavy (non-hydrogen) atoms. The highest BCUT2D eigenvalue weighted by Crippen LogP contribution is 2.33. The second-order valence-electron chi connectivity index (χ2n) is 7.56. The lowest BCUT2D eigenvalue weighted by molar-refractivity contribution is -0.0179. The third kappa shape index (κ3) is 6.58. The number of morpholine rings is 1. The van der Waals surface area contributed by atoms with Crippen LogP contribution in [0.4, 0.5) is 0 Å². The van der Waals surface area contributed by atoms with Crippen LogP contribution in [0, 0.1) is 0 Å². The smallest absolute Gasteiger partial charge is 0.191 e. The molecule has 7 heteroatoms. The molecule has 1 aromatic rings. The monoisotopic (exact) mass is 488 g/mol. The number of guanidine groups is 1. The van der Waals surface area contributed by atoms with Crippen LogP contribution in [0.15, 0.2) is 29.3 Å². The van der Waals surface area contributed by atoms with Crippen molar-refractivity contribution in [2.75, 3.05) is 52.5 Å². The number of rotatable bonds is 7. The van der Waals surface area contributed by atoms with Crippen molar-refractivity contribution in [2.45, 2.75) is 31.8 Å². The minimum Gasteiger partial charge on any atom is -0.387 e. The molecule has 1 aliphatic carbocycles. The van der Waals surface area contributed by atoms with Crippen molar-refractivity contribution in [3.63, 3.8) is 0 Å². The molecule has 152 valence electrons. The van der Waals surface area contributed by atoms with E-state index in [1.54, 1.807) is 0 Å². The zero-order valence-electron chi connectivity index (χ0n) is 16.4. The quantitative estimate of drug-likeness (QED) is 0.309. The lowest BCUT2D eigenvalue weighted by atomic mass is 9.78. The number of nitrogens with zero attached hydrogens (tertiary/aromatic N) is 2. The molecule has 2 aliphatic rings. The van der Waals surface area contributed by atoms with Crippen LogP contribution in [0.25, 0.3) is 0 Å². The molecule has 0 aromatic heterocycles. The summed E-state index contributed by atoms with van der Waals surface area (Å²) in [5, 5.41) is 17.4. The number of halogens is 1. The molecule has 3 N–H and O–H groups in total. The summed E-state index contributed by atoms with van der Waals surface area (Å²) in [6.45, 7) is 9.82. The van der Waals surface area contributed by atoms with E-state index in [9.17, 15) is 5.11 Å². The first kappa shape index (κ1) is 22.4. The van der Waals surface area contributed by atoms with Crippen LogP contribution in [-0.2, 0) is 11.2 Å². The summed E-state index contributed by atoms with van der Waals surface area (Å²) in [6, 6.07) is 8.62. The lowest BCUT2D eigenvalue weighted by Crippen LogP contribution is -2.48. The van der Waals surface area contributed by atoms with Gasteiger partial charge < -0.3 is 20.5 Å². The van der Waals surface area contributed by atoms with Crippen molar-refractivity contribution in [3.05, 3.63) is 35.4 Å². The number of β-amino-alcohol motifs (C(OH)–C–C–N with tert-alkyl or cyclic N) is 1. The van der Waals surface area contributed by atoms with Gasteiger partial charge in [-0.15, -0.1) is 24.0 Å². The van der Waals surface area contributed by atoms with Crippen molar-refractivity contribution < 1.29 is 9.84 Å². The number of fused-ring (bicyclic) bond motifs is 1. The van der Waals surface area contributed by atoms with Gasteiger partial charge in [0.15, 0.2) is 5.96 Å². The predicted octanol–water partition coefficient (Wildman–Crippen LogP) is 1.58. The van der Waals surface area contributed by atoms with Gasteiger partial charge in [-0.3, -0.25) is 9.89 Å². The zero-order chi connectivity index (χ0) is 18.4. The molecule has 0 spiro atoms. The van der Waals surface area contributed by atoms with Crippen LogP contribution in [0.3, 0.4) is 0 Å². The van der Waals surface area contributed by atoms with E-state index in [1.807, 2.05) is 6.92 Å². The Kier molecular flexibility index (Phi) is 8.78. The van der Waals surface area contributed by atoms with Crippen molar-refractivity contribution in [2.24, 2.45) is 4.99 Å². The van der Waals surface area contributed by atoms with Crippen LogP contribution >= 0.6 is 24.0 Å². The largest absolute Gasteiger partial charge is 0.387 e. The van der Waals surface area contributed by atoms with Crippen LogP contribution < -0.4 is 10.6 Å². The fourth-order valence-corrected chi connectivity index (χ4v) is 3.65. The highest BCUT2D eigenvalue weighted by atomic mass is 127. The van der Waals surface area contributed by atoms with E-state index < -0.39 is 5.60 Å². The maximum atomic E-state index is 10.7. The highest BCUT2D eigenvalue weighted by Gasteiger charge is 2.27. The predicted molar refractivity (Wildman–Crippen MR) is 120 cm³/mol. The standard InChI is InChI=1S/C20H32N4O2.HI/c1-3-21-19(22-13-17-12-16-6-4-5-7-18(16)17)23-14-20(2,25)15-24-8-10-26-11-9-24;/h4-7,17,25H,3,8-15H2,1-2H3,(H2,21,22,23);1H. The Morgan fingerprint density at radius 1 is 1.30 bits per heavy atom.